The summed E-state index contributed by atoms with van der Waals surface area (Å²) in [6.45, 7) is 3.24. The minimum Gasteiger partial charge on any atom is -0.460 e. The van der Waals surface area contributed by atoms with Crippen molar-refractivity contribution >= 4 is 34.8 Å². The molecular formula is C23H19ClN4O3. The van der Waals surface area contributed by atoms with Crippen molar-refractivity contribution in [1.82, 2.24) is 9.78 Å². The molecule has 0 aliphatic heterocycles. The number of aryl methyl sites for hydroxylation is 1. The van der Waals surface area contributed by atoms with Crippen molar-refractivity contribution < 1.29 is 14.0 Å². The lowest BCUT2D eigenvalue weighted by Crippen LogP contribution is -2.13. The summed E-state index contributed by atoms with van der Waals surface area (Å²) < 4.78 is 7.34. The molecule has 2 aromatic heterocycles. The Balaban J connectivity index is 1.68. The number of furan rings is 1. The van der Waals surface area contributed by atoms with Gasteiger partial charge in [-0.2, -0.15) is 5.10 Å². The first-order chi connectivity index (χ1) is 14.9. The van der Waals surface area contributed by atoms with Crippen LogP contribution in [-0.2, 0) is 4.79 Å². The first-order valence-corrected chi connectivity index (χ1v) is 9.89. The van der Waals surface area contributed by atoms with E-state index in [1.807, 2.05) is 43.3 Å². The summed E-state index contributed by atoms with van der Waals surface area (Å²) in [5.41, 5.74) is 2.51. The summed E-state index contributed by atoms with van der Waals surface area (Å²) in [6, 6.07) is 17.9. The molecule has 7 nitrogen and oxygen atoms in total. The number of nitrogens with zero attached hydrogens (tertiary/aromatic N) is 2. The molecular weight excluding hydrogens is 416 g/mol. The Bertz CT molecular complexity index is 1260. The predicted octanol–water partition coefficient (Wildman–Crippen LogP) is 5.30. The van der Waals surface area contributed by atoms with E-state index in [2.05, 4.69) is 15.7 Å². The maximum absolute atomic E-state index is 13.1. The van der Waals surface area contributed by atoms with Crippen LogP contribution in [0, 0.1) is 6.92 Å². The Morgan fingerprint density at radius 2 is 1.81 bits per heavy atom. The van der Waals surface area contributed by atoms with Gasteiger partial charge in [-0.3, -0.25) is 9.59 Å². The second kappa shape index (κ2) is 8.49. The lowest BCUT2D eigenvalue weighted by atomic mass is 10.2. The van der Waals surface area contributed by atoms with Crippen molar-refractivity contribution in [3.8, 4) is 17.1 Å². The zero-order valence-corrected chi connectivity index (χ0v) is 17.6. The van der Waals surface area contributed by atoms with Gasteiger partial charge in [-0.25, -0.2) is 4.68 Å². The van der Waals surface area contributed by atoms with Crippen LogP contribution in [-0.4, -0.2) is 21.6 Å². The number of nitrogens with one attached hydrogen (secondary N) is 2. The minimum atomic E-state index is -0.389. The Hall–Kier alpha value is -3.84. The molecule has 0 aliphatic rings. The van der Waals surface area contributed by atoms with Crippen LogP contribution < -0.4 is 10.6 Å². The average Bonchev–Trinajstić information content (AvgIpc) is 3.37. The number of halogens is 1. The summed E-state index contributed by atoms with van der Waals surface area (Å²) in [4.78, 5) is 24.4. The monoisotopic (exact) mass is 434 g/mol. The van der Waals surface area contributed by atoms with E-state index < -0.39 is 0 Å². The van der Waals surface area contributed by atoms with Gasteiger partial charge in [0.2, 0.25) is 5.91 Å². The van der Waals surface area contributed by atoms with Gasteiger partial charge >= 0.3 is 0 Å². The molecule has 0 radical (unpaired) electrons. The Morgan fingerprint density at radius 1 is 1.03 bits per heavy atom. The summed E-state index contributed by atoms with van der Waals surface area (Å²) in [5, 5.41) is 10.3. The average molecular weight is 435 g/mol. The number of benzene rings is 2. The third-order valence-corrected chi connectivity index (χ3v) is 4.80. The van der Waals surface area contributed by atoms with E-state index >= 15 is 0 Å². The molecule has 2 heterocycles. The fourth-order valence-corrected chi connectivity index (χ4v) is 3.31. The van der Waals surface area contributed by atoms with E-state index in [4.69, 9.17) is 16.0 Å². The molecule has 0 spiro atoms. The SMILES string of the molecule is CC(=O)Nc1ccc(NC(=O)c2cn(-c3ccccc3)nc2-c2ccc(C)o2)c(Cl)c1. The number of para-hydroxylation sites is 1. The van der Waals surface area contributed by atoms with Crippen molar-refractivity contribution in [3.05, 3.63) is 83.2 Å². The van der Waals surface area contributed by atoms with E-state index in [1.165, 1.54) is 6.92 Å². The van der Waals surface area contributed by atoms with Crippen LogP contribution in [0.1, 0.15) is 23.0 Å². The molecule has 31 heavy (non-hydrogen) atoms. The molecule has 4 rings (SSSR count). The highest BCUT2D eigenvalue weighted by Crippen LogP contribution is 2.29. The van der Waals surface area contributed by atoms with E-state index in [1.54, 1.807) is 35.1 Å². The van der Waals surface area contributed by atoms with E-state index in [0.717, 1.165) is 5.69 Å². The largest absolute Gasteiger partial charge is 0.460 e. The van der Waals surface area contributed by atoms with Gasteiger partial charge in [0.05, 0.1) is 22.0 Å². The topological polar surface area (TPSA) is 89.2 Å². The van der Waals surface area contributed by atoms with Crippen LogP contribution in [0.2, 0.25) is 5.02 Å². The van der Waals surface area contributed by atoms with Gasteiger partial charge < -0.3 is 15.1 Å². The molecule has 0 saturated heterocycles. The van der Waals surface area contributed by atoms with Gasteiger partial charge in [0, 0.05) is 18.8 Å². The molecule has 0 fully saturated rings. The fourth-order valence-electron chi connectivity index (χ4n) is 3.08. The molecule has 0 unspecified atom stereocenters. The zero-order chi connectivity index (χ0) is 22.0. The first kappa shape index (κ1) is 20.4. The third kappa shape index (κ3) is 4.51. The smallest absolute Gasteiger partial charge is 0.259 e. The minimum absolute atomic E-state index is 0.209. The highest BCUT2D eigenvalue weighted by atomic mass is 35.5. The Morgan fingerprint density at radius 3 is 2.45 bits per heavy atom. The number of amides is 2. The van der Waals surface area contributed by atoms with Gasteiger partial charge in [0.15, 0.2) is 5.76 Å². The molecule has 8 heteroatoms. The molecule has 0 atom stereocenters. The number of aromatic nitrogens is 2. The number of carbonyl (C=O) groups excluding carboxylic acids is 2. The zero-order valence-electron chi connectivity index (χ0n) is 16.8. The maximum Gasteiger partial charge on any atom is 0.259 e. The van der Waals surface area contributed by atoms with Gasteiger partial charge in [-0.15, -0.1) is 0 Å². The number of rotatable bonds is 5. The lowest BCUT2D eigenvalue weighted by Gasteiger charge is -2.09. The van der Waals surface area contributed by atoms with Crippen LogP contribution in [0.3, 0.4) is 0 Å². The molecule has 2 aromatic carbocycles. The summed E-state index contributed by atoms with van der Waals surface area (Å²) in [6.07, 6.45) is 1.65. The van der Waals surface area contributed by atoms with Gasteiger partial charge in [-0.05, 0) is 49.4 Å². The fraction of sp³-hybridized carbons (Fsp3) is 0.0870. The van der Waals surface area contributed by atoms with E-state index in [9.17, 15) is 9.59 Å². The number of hydrogen-bond donors (Lipinski definition) is 2. The summed E-state index contributed by atoms with van der Waals surface area (Å²) in [5.74, 6) is 0.608. The third-order valence-electron chi connectivity index (χ3n) is 4.49. The van der Waals surface area contributed by atoms with Crippen molar-refractivity contribution in [1.29, 1.82) is 0 Å². The summed E-state index contributed by atoms with van der Waals surface area (Å²) >= 11 is 6.30. The number of carbonyl (C=O) groups is 2. The van der Waals surface area contributed by atoms with Gasteiger partial charge in [0.1, 0.15) is 11.5 Å². The standard InChI is InChI=1S/C23H19ClN4O3/c1-14-8-11-21(31-14)22-18(13-28(27-22)17-6-4-3-5-7-17)23(30)26-20-10-9-16(12-19(20)24)25-15(2)29/h3-13H,1-2H3,(H,25,29)(H,26,30). The van der Waals surface area contributed by atoms with Gasteiger partial charge in [-0.1, -0.05) is 29.8 Å². The lowest BCUT2D eigenvalue weighted by molar-refractivity contribution is -0.114. The second-order valence-corrected chi connectivity index (χ2v) is 7.32. The normalized spacial score (nSPS) is 10.7. The Labute approximate surface area is 183 Å². The van der Waals surface area contributed by atoms with Crippen LogP contribution in [0.15, 0.2) is 71.3 Å². The predicted molar refractivity (Wildman–Crippen MR) is 120 cm³/mol. The summed E-state index contributed by atoms with van der Waals surface area (Å²) in [7, 11) is 0. The molecule has 156 valence electrons. The van der Waals surface area contributed by atoms with Crippen LogP contribution in [0.5, 0.6) is 0 Å². The first-order valence-electron chi connectivity index (χ1n) is 9.51. The van der Waals surface area contributed by atoms with Crippen molar-refractivity contribution in [2.24, 2.45) is 0 Å². The molecule has 0 bridgehead atoms. The quantitative estimate of drug-likeness (QED) is 0.445. The molecule has 0 saturated carbocycles. The van der Waals surface area contributed by atoms with Crippen molar-refractivity contribution in [3.63, 3.8) is 0 Å². The van der Waals surface area contributed by atoms with E-state index in [0.29, 0.717) is 39.2 Å². The van der Waals surface area contributed by atoms with Crippen LogP contribution in [0.25, 0.3) is 17.1 Å². The Kier molecular flexibility index (Phi) is 5.60. The van der Waals surface area contributed by atoms with Crippen LogP contribution in [0.4, 0.5) is 11.4 Å². The molecule has 4 aromatic rings. The van der Waals surface area contributed by atoms with Crippen LogP contribution >= 0.6 is 11.6 Å². The van der Waals surface area contributed by atoms with E-state index in [-0.39, 0.29) is 11.8 Å². The maximum atomic E-state index is 13.1. The second-order valence-electron chi connectivity index (χ2n) is 6.91. The van der Waals surface area contributed by atoms with Gasteiger partial charge in [0.25, 0.3) is 5.91 Å². The highest BCUT2D eigenvalue weighted by molar-refractivity contribution is 6.34. The number of anilines is 2. The van der Waals surface area contributed by atoms with Crippen molar-refractivity contribution in [2.75, 3.05) is 10.6 Å². The molecule has 0 aliphatic carbocycles. The molecule has 2 amide bonds. The highest BCUT2D eigenvalue weighted by Gasteiger charge is 2.21. The molecule has 2 N–H and O–H groups in total. The number of hydrogen-bond acceptors (Lipinski definition) is 4. The van der Waals surface area contributed by atoms with Crippen molar-refractivity contribution in [2.45, 2.75) is 13.8 Å².